The van der Waals surface area contributed by atoms with Crippen LogP contribution in [0.4, 0.5) is 0 Å². The number of rotatable bonds is 7. The van der Waals surface area contributed by atoms with Crippen molar-refractivity contribution in [3.05, 3.63) is 42.0 Å². The van der Waals surface area contributed by atoms with E-state index in [1.807, 2.05) is 56.3 Å². The van der Waals surface area contributed by atoms with Crippen LogP contribution < -0.4 is 0 Å². The lowest BCUT2D eigenvalue weighted by molar-refractivity contribution is -0.165. The standard InChI is InChI=1S/C20H26O4/c1-5-23-18(21)20(19(22)24-6-2)16(17(20)14(3)4)13-12-15-10-8-7-9-11-15/h7-14,16-17H,5-6H2,1-4H3/b13-12+/t16-,17-/m1/s1. The molecular formula is C20H26O4. The van der Waals surface area contributed by atoms with Gasteiger partial charge in [0.2, 0.25) is 0 Å². The molecule has 0 aromatic heterocycles. The van der Waals surface area contributed by atoms with Crippen LogP contribution in [0.15, 0.2) is 36.4 Å². The highest BCUT2D eigenvalue weighted by Crippen LogP contribution is 2.64. The predicted molar refractivity (Wildman–Crippen MR) is 93.0 cm³/mol. The van der Waals surface area contributed by atoms with Crippen LogP contribution in [0.5, 0.6) is 0 Å². The van der Waals surface area contributed by atoms with Gasteiger partial charge >= 0.3 is 11.9 Å². The first-order chi connectivity index (χ1) is 11.5. The lowest BCUT2D eigenvalue weighted by Gasteiger charge is -2.16. The molecule has 24 heavy (non-hydrogen) atoms. The van der Waals surface area contributed by atoms with Crippen LogP contribution in [0.1, 0.15) is 33.3 Å². The monoisotopic (exact) mass is 330 g/mol. The maximum absolute atomic E-state index is 12.6. The van der Waals surface area contributed by atoms with Crippen LogP contribution in [-0.2, 0) is 19.1 Å². The summed E-state index contributed by atoms with van der Waals surface area (Å²) in [6.07, 6.45) is 3.91. The van der Waals surface area contributed by atoms with E-state index in [1.165, 1.54) is 0 Å². The lowest BCUT2D eigenvalue weighted by atomic mass is 9.97. The first-order valence-corrected chi connectivity index (χ1v) is 8.57. The first-order valence-electron chi connectivity index (χ1n) is 8.57. The van der Waals surface area contributed by atoms with E-state index >= 15 is 0 Å². The molecule has 0 amide bonds. The van der Waals surface area contributed by atoms with Crippen molar-refractivity contribution >= 4 is 18.0 Å². The first kappa shape index (κ1) is 18.2. The molecule has 4 heteroatoms. The molecule has 0 saturated heterocycles. The van der Waals surface area contributed by atoms with Gasteiger partial charge in [0.05, 0.1) is 13.2 Å². The second-order valence-corrected chi connectivity index (χ2v) is 6.38. The van der Waals surface area contributed by atoms with E-state index in [4.69, 9.17) is 9.47 Å². The van der Waals surface area contributed by atoms with E-state index in [1.54, 1.807) is 13.8 Å². The molecule has 1 fully saturated rings. The molecule has 2 atom stereocenters. The van der Waals surface area contributed by atoms with Gasteiger partial charge in [0.15, 0.2) is 5.41 Å². The maximum Gasteiger partial charge on any atom is 0.324 e. The van der Waals surface area contributed by atoms with Gasteiger partial charge in [-0.3, -0.25) is 9.59 Å². The third-order valence-electron chi connectivity index (χ3n) is 4.57. The fraction of sp³-hybridized carbons (Fsp3) is 0.500. The van der Waals surface area contributed by atoms with Crippen LogP contribution in [0.25, 0.3) is 6.08 Å². The smallest absolute Gasteiger partial charge is 0.324 e. The molecule has 0 radical (unpaired) electrons. The fourth-order valence-electron chi connectivity index (χ4n) is 3.56. The Balaban J connectivity index is 2.34. The molecule has 1 aliphatic rings. The SMILES string of the molecule is CCOC(=O)C1(C(=O)OCC)[C@H](/C=C/c2ccccc2)[C@H]1C(C)C. The fourth-order valence-corrected chi connectivity index (χ4v) is 3.56. The highest BCUT2D eigenvalue weighted by molar-refractivity contribution is 6.05. The summed E-state index contributed by atoms with van der Waals surface area (Å²) in [6.45, 7) is 8.04. The summed E-state index contributed by atoms with van der Waals surface area (Å²) in [6, 6.07) is 9.83. The Morgan fingerprint density at radius 2 is 1.62 bits per heavy atom. The van der Waals surface area contributed by atoms with Crippen molar-refractivity contribution < 1.29 is 19.1 Å². The zero-order valence-corrected chi connectivity index (χ0v) is 14.8. The van der Waals surface area contributed by atoms with Gasteiger partial charge < -0.3 is 9.47 Å². The molecule has 0 aliphatic heterocycles. The Morgan fingerprint density at radius 1 is 1.08 bits per heavy atom. The maximum atomic E-state index is 12.6. The van der Waals surface area contributed by atoms with Gasteiger partial charge in [-0.2, -0.15) is 0 Å². The van der Waals surface area contributed by atoms with E-state index in [0.717, 1.165) is 5.56 Å². The number of hydrogen-bond donors (Lipinski definition) is 0. The van der Waals surface area contributed by atoms with Crippen molar-refractivity contribution in [1.29, 1.82) is 0 Å². The van der Waals surface area contributed by atoms with E-state index in [9.17, 15) is 9.59 Å². The van der Waals surface area contributed by atoms with Gasteiger partial charge in [-0.05, 0) is 31.2 Å². The summed E-state index contributed by atoms with van der Waals surface area (Å²) in [5, 5.41) is 0. The molecule has 0 N–H and O–H groups in total. The summed E-state index contributed by atoms with van der Waals surface area (Å²) in [7, 11) is 0. The van der Waals surface area contributed by atoms with E-state index < -0.39 is 17.4 Å². The quantitative estimate of drug-likeness (QED) is 0.565. The van der Waals surface area contributed by atoms with Crippen LogP contribution >= 0.6 is 0 Å². The molecular weight excluding hydrogens is 304 g/mol. The van der Waals surface area contributed by atoms with Crippen LogP contribution in [0, 0.1) is 23.2 Å². The van der Waals surface area contributed by atoms with Gasteiger partial charge in [-0.25, -0.2) is 0 Å². The molecule has 0 heterocycles. The van der Waals surface area contributed by atoms with Gasteiger partial charge in [0.25, 0.3) is 0 Å². The summed E-state index contributed by atoms with van der Waals surface area (Å²) < 4.78 is 10.5. The molecule has 1 aromatic carbocycles. The Bertz CT molecular complexity index is 585. The Kier molecular flexibility index (Phi) is 5.81. The minimum Gasteiger partial charge on any atom is -0.465 e. The van der Waals surface area contributed by atoms with E-state index in [-0.39, 0.29) is 31.0 Å². The number of allylic oxidation sites excluding steroid dienone is 1. The molecule has 1 aromatic rings. The number of hydrogen-bond acceptors (Lipinski definition) is 4. The summed E-state index contributed by atoms with van der Waals surface area (Å²) >= 11 is 0. The van der Waals surface area contributed by atoms with Crippen LogP contribution in [-0.4, -0.2) is 25.2 Å². The molecule has 1 saturated carbocycles. The highest BCUT2D eigenvalue weighted by atomic mass is 16.6. The van der Waals surface area contributed by atoms with Crippen molar-refractivity contribution in [2.75, 3.05) is 13.2 Å². The van der Waals surface area contributed by atoms with Crippen LogP contribution in [0.2, 0.25) is 0 Å². The molecule has 0 bridgehead atoms. The Hall–Kier alpha value is -2.10. The molecule has 4 nitrogen and oxygen atoms in total. The Labute approximate surface area is 143 Å². The minimum absolute atomic E-state index is 0.101. The average molecular weight is 330 g/mol. The second kappa shape index (κ2) is 7.65. The van der Waals surface area contributed by atoms with Crippen molar-refractivity contribution in [3.63, 3.8) is 0 Å². The number of carbonyl (C=O) groups excluding carboxylic acids is 2. The molecule has 1 aliphatic carbocycles. The molecule has 130 valence electrons. The van der Waals surface area contributed by atoms with E-state index in [2.05, 4.69) is 0 Å². The second-order valence-electron chi connectivity index (χ2n) is 6.38. The van der Waals surface area contributed by atoms with Crippen molar-refractivity contribution in [3.8, 4) is 0 Å². The Morgan fingerprint density at radius 3 is 2.08 bits per heavy atom. The van der Waals surface area contributed by atoms with Gasteiger partial charge in [0.1, 0.15) is 0 Å². The lowest BCUT2D eigenvalue weighted by Crippen LogP contribution is -2.34. The largest absolute Gasteiger partial charge is 0.465 e. The third-order valence-corrected chi connectivity index (χ3v) is 4.57. The zero-order chi connectivity index (χ0) is 17.7. The van der Waals surface area contributed by atoms with Crippen molar-refractivity contribution in [2.45, 2.75) is 27.7 Å². The summed E-state index contributed by atoms with van der Waals surface area (Å²) in [4.78, 5) is 25.2. The van der Waals surface area contributed by atoms with Crippen molar-refractivity contribution in [2.24, 2.45) is 23.2 Å². The van der Waals surface area contributed by atoms with Gasteiger partial charge in [0, 0.05) is 5.92 Å². The van der Waals surface area contributed by atoms with Gasteiger partial charge in [-0.1, -0.05) is 56.3 Å². The number of ether oxygens (including phenoxy) is 2. The third kappa shape index (κ3) is 3.23. The van der Waals surface area contributed by atoms with Gasteiger partial charge in [-0.15, -0.1) is 0 Å². The summed E-state index contributed by atoms with van der Waals surface area (Å²) in [5.41, 5.74) is -0.167. The summed E-state index contributed by atoms with van der Waals surface area (Å²) in [5.74, 6) is -1.06. The molecule has 0 spiro atoms. The minimum atomic E-state index is -1.20. The van der Waals surface area contributed by atoms with Crippen molar-refractivity contribution in [1.82, 2.24) is 0 Å². The number of esters is 2. The van der Waals surface area contributed by atoms with Crippen LogP contribution in [0.3, 0.4) is 0 Å². The average Bonchev–Trinajstić information content (AvgIpc) is 3.25. The number of benzene rings is 1. The number of carbonyl (C=O) groups is 2. The van der Waals surface area contributed by atoms with E-state index in [0.29, 0.717) is 0 Å². The molecule has 0 unspecified atom stereocenters. The predicted octanol–water partition coefficient (Wildman–Crippen LogP) is 3.71. The highest BCUT2D eigenvalue weighted by Gasteiger charge is 2.76. The zero-order valence-electron chi connectivity index (χ0n) is 14.8. The normalized spacial score (nSPS) is 21.7. The molecule has 2 rings (SSSR count). The topological polar surface area (TPSA) is 52.6 Å².